The van der Waals surface area contributed by atoms with Crippen LogP contribution in [0.3, 0.4) is 0 Å². The summed E-state index contributed by atoms with van der Waals surface area (Å²) >= 11 is 0. The number of rotatable bonds is 8. The molecule has 1 saturated heterocycles. The zero-order valence-electron chi connectivity index (χ0n) is 16.5. The molecule has 0 bridgehead atoms. The first-order valence-electron chi connectivity index (χ1n) is 9.76. The van der Waals surface area contributed by atoms with Gasteiger partial charge in [-0.3, -0.25) is 9.59 Å². The quantitative estimate of drug-likeness (QED) is 0.312. The number of aliphatic hydroxyl groups is 1. The Bertz CT molecular complexity index is 933. The van der Waals surface area contributed by atoms with Crippen molar-refractivity contribution in [1.29, 1.82) is 0 Å². The van der Waals surface area contributed by atoms with Crippen LogP contribution in [0.5, 0.6) is 5.75 Å². The summed E-state index contributed by atoms with van der Waals surface area (Å²) in [6.07, 6.45) is 3.30. The number of carbonyl (C=O) groups excluding carboxylic acids is 2. The second-order valence-electron chi connectivity index (χ2n) is 6.88. The third-order valence-corrected chi connectivity index (χ3v) is 4.88. The first kappa shape index (κ1) is 20.4. The summed E-state index contributed by atoms with van der Waals surface area (Å²) in [7, 11) is 0. The topological polar surface area (TPSA) is 66.8 Å². The zero-order valence-corrected chi connectivity index (χ0v) is 16.5. The van der Waals surface area contributed by atoms with Gasteiger partial charge in [-0.15, -0.1) is 0 Å². The molecule has 0 spiro atoms. The molecule has 0 aromatic heterocycles. The summed E-state index contributed by atoms with van der Waals surface area (Å²) in [5, 5.41) is 10.9. The van der Waals surface area contributed by atoms with E-state index in [0.717, 1.165) is 18.4 Å². The predicted molar refractivity (Wildman–Crippen MR) is 112 cm³/mol. The number of likely N-dealkylation sites (tertiary alicyclic amines) is 1. The van der Waals surface area contributed by atoms with Crippen molar-refractivity contribution in [3.8, 4) is 5.75 Å². The summed E-state index contributed by atoms with van der Waals surface area (Å²) in [6.45, 7) is 6.46. The van der Waals surface area contributed by atoms with Gasteiger partial charge >= 0.3 is 0 Å². The lowest BCUT2D eigenvalue weighted by atomic mass is 9.95. The van der Waals surface area contributed by atoms with Gasteiger partial charge in [0.25, 0.3) is 11.7 Å². The van der Waals surface area contributed by atoms with Crippen LogP contribution >= 0.6 is 0 Å². The van der Waals surface area contributed by atoms with Crippen molar-refractivity contribution < 1.29 is 19.4 Å². The van der Waals surface area contributed by atoms with Crippen LogP contribution in [0.2, 0.25) is 0 Å². The van der Waals surface area contributed by atoms with E-state index in [1.807, 2.05) is 31.2 Å². The van der Waals surface area contributed by atoms with Crippen LogP contribution < -0.4 is 4.74 Å². The van der Waals surface area contributed by atoms with Crippen LogP contribution in [-0.2, 0) is 9.59 Å². The van der Waals surface area contributed by atoms with Crippen LogP contribution in [0.4, 0.5) is 0 Å². The summed E-state index contributed by atoms with van der Waals surface area (Å²) in [4.78, 5) is 27.2. The molecule has 1 heterocycles. The molecule has 2 aromatic carbocycles. The molecule has 5 nitrogen and oxygen atoms in total. The van der Waals surface area contributed by atoms with Crippen molar-refractivity contribution in [3.05, 3.63) is 84.0 Å². The molecule has 1 aliphatic rings. The first-order chi connectivity index (χ1) is 14.1. The van der Waals surface area contributed by atoms with E-state index < -0.39 is 17.7 Å². The van der Waals surface area contributed by atoms with Gasteiger partial charge in [-0.2, -0.15) is 0 Å². The fourth-order valence-electron chi connectivity index (χ4n) is 3.47. The highest BCUT2D eigenvalue weighted by Crippen LogP contribution is 2.40. The van der Waals surface area contributed by atoms with Gasteiger partial charge in [-0.1, -0.05) is 68.5 Å². The molecule has 1 fully saturated rings. The highest BCUT2D eigenvalue weighted by molar-refractivity contribution is 6.46. The van der Waals surface area contributed by atoms with Gasteiger partial charge in [0.05, 0.1) is 11.6 Å². The van der Waals surface area contributed by atoms with Gasteiger partial charge in [0.1, 0.15) is 18.1 Å². The van der Waals surface area contributed by atoms with Gasteiger partial charge in [0, 0.05) is 12.1 Å². The molecule has 1 aliphatic heterocycles. The van der Waals surface area contributed by atoms with Gasteiger partial charge in [-0.25, -0.2) is 0 Å². The van der Waals surface area contributed by atoms with E-state index in [-0.39, 0.29) is 11.3 Å². The minimum Gasteiger partial charge on any atom is -0.507 e. The van der Waals surface area contributed by atoms with E-state index in [0.29, 0.717) is 24.5 Å². The highest BCUT2D eigenvalue weighted by Gasteiger charge is 2.45. The van der Waals surface area contributed by atoms with Gasteiger partial charge in [0.2, 0.25) is 0 Å². The van der Waals surface area contributed by atoms with Crippen molar-refractivity contribution in [2.75, 3.05) is 13.2 Å². The minimum absolute atomic E-state index is 0.109. The standard InChI is InChI=1S/C24H25NO4/c1-3-5-14-25-21(18-12-9-13-19(16-18)29-15-4-2)20(23(27)24(25)28)22(26)17-10-7-6-8-11-17/h4,6-13,16,21,26H,2-3,5,14-15H2,1H3/b22-20-. The number of unbranched alkanes of at least 4 members (excludes halogenated alkanes) is 1. The minimum atomic E-state index is -0.662. The van der Waals surface area contributed by atoms with Crippen molar-refractivity contribution in [1.82, 2.24) is 4.90 Å². The summed E-state index contributed by atoms with van der Waals surface area (Å²) in [5.74, 6) is -0.795. The predicted octanol–water partition coefficient (Wildman–Crippen LogP) is 4.47. The summed E-state index contributed by atoms with van der Waals surface area (Å²) in [6, 6.07) is 15.4. The lowest BCUT2D eigenvalue weighted by Crippen LogP contribution is -2.30. The van der Waals surface area contributed by atoms with Crippen molar-refractivity contribution in [2.24, 2.45) is 0 Å². The number of nitrogens with zero attached hydrogens (tertiary/aromatic N) is 1. The van der Waals surface area contributed by atoms with Crippen molar-refractivity contribution >= 4 is 17.4 Å². The zero-order chi connectivity index (χ0) is 20.8. The van der Waals surface area contributed by atoms with E-state index >= 15 is 0 Å². The Morgan fingerprint density at radius 3 is 2.62 bits per heavy atom. The number of hydrogen-bond donors (Lipinski definition) is 1. The number of aliphatic hydroxyl groups excluding tert-OH is 1. The first-order valence-corrected chi connectivity index (χ1v) is 9.76. The second-order valence-corrected chi connectivity index (χ2v) is 6.88. The number of hydrogen-bond acceptors (Lipinski definition) is 4. The number of carbonyl (C=O) groups is 2. The van der Waals surface area contributed by atoms with Crippen LogP contribution in [-0.4, -0.2) is 34.8 Å². The Balaban J connectivity index is 2.12. The third kappa shape index (κ3) is 4.24. The molecule has 1 N–H and O–H groups in total. The van der Waals surface area contributed by atoms with Crippen LogP contribution in [0, 0.1) is 0 Å². The number of Topliss-reactive ketones (excluding diaryl/α,β-unsaturated/α-hetero) is 1. The molecule has 1 atom stereocenters. The average molecular weight is 391 g/mol. The smallest absolute Gasteiger partial charge is 0.295 e. The Morgan fingerprint density at radius 2 is 1.93 bits per heavy atom. The molecule has 2 aromatic rings. The van der Waals surface area contributed by atoms with Gasteiger partial charge < -0.3 is 14.7 Å². The average Bonchev–Trinajstić information content (AvgIpc) is 3.01. The fraction of sp³-hybridized carbons (Fsp3) is 0.250. The largest absolute Gasteiger partial charge is 0.507 e. The van der Waals surface area contributed by atoms with E-state index in [1.54, 1.807) is 41.3 Å². The Hall–Kier alpha value is -3.34. The molecular weight excluding hydrogens is 366 g/mol. The maximum absolute atomic E-state index is 12.9. The maximum atomic E-state index is 12.9. The highest BCUT2D eigenvalue weighted by atomic mass is 16.5. The van der Waals surface area contributed by atoms with Crippen molar-refractivity contribution in [2.45, 2.75) is 25.8 Å². The second kappa shape index (κ2) is 9.24. The van der Waals surface area contributed by atoms with Crippen LogP contribution in [0.1, 0.15) is 36.9 Å². The third-order valence-electron chi connectivity index (χ3n) is 4.88. The molecule has 29 heavy (non-hydrogen) atoms. The van der Waals surface area contributed by atoms with E-state index in [4.69, 9.17) is 4.74 Å². The number of amides is 1. The molecule has 1 unspecified atom stereocenters. The number of ether oxygens (including phenoxy) is 1. The van der Waals surface area contributed by atoms with Crippen LogP contribution in [0.15, 0.2) is 72.8 Å². The SMILES string of the molecule is C=CCOc1cccc(C2/C(=C(/O)c3ccccc3)C(=O)C(=O)N2CCCC)c1. The number of ketones is 1. The summed E-state index contributed by atoms with van der Waals surface area (Å²) in [5.41, 5.74) is 1.34. The number of benzene rings is 2. The molecule has 1 amide bonds. The molecule has 0 aliphatic carbocycles. The molecule has 3 rings (SSSR count). The fourth-order valence-corrected chi connectivity index (χ4v) is 3.47. The summed E-state index contributed by atoms with van der Waals surface area (Å²) < 4.78 is 5.62. The molecule has 150 valence electrons. The van der Waals surface area contributed by atoms with E-state index in [1.165, 1.54) is 0 Å². The maximum Gasteiger partial charge on any atom is 0.295 e. The lowest BCUT2D eigenvalue weighted by Gasteiger charge is -2.25. The molecule has 0 radical (unpaired) electrons. The van der Waals surface area contributed by atoms with E-state index in [2.05, 4.69) is 6.58 Å². The lowest BCUT2D eigenvalue weighted by molar-refractivity contribution is -0.139. The monoisotopic (exact) mass is 391 g/mol. The Labute approximate surface area is 170 Å². The van der Waals surface area contributed by atoms with Crippen LogP contribution in [0.25, 0.3) is 5.76 Å². The Kier molecular flexibility index (Phi) is 6.50. The van der Waals surface area contributed by atoms with Gasteiger partial charge in [0.15, 0.2) is 0 Å². The normalized spacial score (nSPS) is 18.1. The van der Waals surface area contributed by atoms with Crippen molar-refractivity contribution in [3.63, 3.8) is 0 Å². The Morgan fingerprint density at radius 1 is 1.17 bits per heavy atom. The molecule has 0 saturated carbocycles. The molecular formula is C24H25NO4. The molecule has 5 heteroatoms. The van der Waals surface area contributed by atoms with E-state index in [9.17, 15) is 14.7 Å². The van der Waals surface area contributed by atoms with Gasteiger partial charge in [-0.05, 0) is 24.1 Å².